The zero-order valence-corrected chi connectivity index (χ0v) is 18.6. The van der Waals surface area contributed by atoms with Crippen molar-refractivity contribution in [2.75, 3.05) is 11.9 Å². The molecule has 168 valence electrons. The Morgan fingerprint density at radius 2 is 2.09 bits per heavy atom. The molecule has 1 N–H and O–H groups in total. The number of fused-ring (bicyclic) bond motifs is 1. The van der Waals surface area contributed by atoms with Gasteiger partial charge in [-0.3, -0.25) is 29.4 Å². The number of aryl methyl sites for hydroxylation is 1. The minimum absolute atomic E-state index is 0.141. The number of anilines is 1. The fourth-order valence-electron chi connectivity index (χ4n) is 3.93. The molecular formula is C21H19N7O4S. The van der Waals surface area contributed by atoms with Gasteiger partial charge in [0, 0.05) is 31.0 Å². The molecule has 33 heavy (non-hydrogen) atoms. The molecule has 4 heterocycles. The number of carbonyl (C=O) groups is 4. The molecule has 4 amide bonds. The first-order valence-corrected chi connectivity index (χ1v) is 11.1. The Morgan fingerprint density at radius 1 is 1.27 bits per heavy atom. The van der Waals surface area contributed by atoms with Crippen molar-refractivity contribution in [3.63, 3.8) is 0 Å². The lowest BCUT2D eigenvalue weighted by molar-refractivity contribution is -0.136. The third kappa shape index (κ3) is 3.67. The summed E-state index contributed by atoms with van der Waals surface area (Å²) in [7, 11) is 1.62. The second kappa shape index (κ2) is 7.89. The van der Waals surface area contributed by atoms with Crippen LogP contribution in [0.2, 0.25) is 0 Å². The lowest BCUT2D eigenvalue weighted by atomic mass is 10.0. The highest BCUT2D eigenvalue weighted by molar-refractivity contribution is 7.14. The third-order valence-corrected chi connectivity index (χ3v) is 6.72. The van der Waals surface area contributed by atoms with E-state index in [-0.39, 0.29) is 29.8 Å². The highest BCUT2D eigenvalue weighted by Gasteiger charge is 2.39. The first kappa shape index (κ1) is 20.9. The summed E-state index contributed by atoms with van der Waals surface area (Å²) >= 11 is 1.36. The number of amides is 4. The van der Waals surface area contributed by atoms with E-state index in [1.807, 2.05) is 12.3 Å². The molecule has 11 nitrogen and oxygen atoms in total. The van der Waals surface area contributed by atoms with E-state index >= 15 is 0 Å². The summed E-state index contributed by atoms with van der Waals surface area (Å²) < 4.78 is 1.43. The zero-order chi connectivity index (χ0) is 23.3. The summed E-state index contributed by atoms with van der Waals surface area (Å²) in [5.74, 6) is -1.41. The van der Waals surface area contributed by atoms with Gasteiger partial charge in [-0.25, -0.2) is 9.67 Å². The van der Waals surface area contributed by atoms with Crippen LogP contribution in [0.25, 0.3) is 5.69 Å². The Balaban J connectivity index is 1.36. The summed E-state index contributed by atoms with van der Waals surface area (Å²) in [6.45, 7) is 2.14. The number of thiazole rings is 1. The molecule has 5 rings (SSSR count). The van der Waals surface area contributed by atoms with Gasteiger partial charge in [-0.05, 0) is 31.0 Å². The van der Waals surface area contributed by atoms with Crippen molar-refractivity contribution in [3.05, 3.63) is 52.3 Å². The number of carbonyl (C=O) groups excluding carboxylic acids is 4. The van der Waals surface area contributed by atoms with Gasteiger partial charge in [0.05, 0.1) is 17.6 Å². The summed E-state index contributed by atoms with van der Waals surface area (Å²) in [4.78, 5) is 56.6. The molecule has 1 atom stereocenters. The molecule has 0 spiro atoms. The number of hydrogen-bond donors (Lipinski definition) is 1. The highest BCUT2D eigenvalue weighted by Crippen LogP contribution is 2.29. The minimum atomic E-state index is -0.674. The van der Waals surface area contributed by atoms with Gasteiger partial charge in [0.15, 0.2) is 10.8 Å². The van der Waals surface area contributed by atoms with Gasteiger partial charge >= 0.3 is 0 Å². The number of aromatic nitrogens is 4. The molecule has 1 fully saturated rings. The normalized spacial score (nSPS) is 17.8. The average molecular weight is 465 g/mol. The number of hydrogen-bond acceptors (Lipinski definition) is 8. The third-order valence-electron chi connectivity index (χ3n) is 5.69. The van der Waals surface area contributed by atoms with Crippen molar-refractivity contribution >= 4 is 40.1 Å². The fraction of sp³-hybridized carbons (Fsp3) is 0.286. The van der Waals surface area contributed by atoms with Crippen molar-refractivity contribution in [1.82, 2.24) is 30.2 Å². The number of imide groups is 1. The number of piperidine rings is 1. The van der Waals surface area contributed by atoms with Gasteiger partial charge in [-0.1, -0.05) is 11.3 Å². The monoisotopic (exact) mass is 465 g/mol. The van der Waals surface area contributed by atoms with E-state index in [1.165, 1.54) is 32.0 Å². The minimum Gasteiger partial charge on any atom is -0.322 e. The van der Waals surface area contributed by atoms with E-state index in [4.69, 9.17) is 0 Å². The van der Waals surface area contributed by atoms with Crippen LogP contribution in [0.1, 0.15) is 44.9 Å². The molecule has 1 aromatic carbocycles. The second-order valence-corrected chi connectivity index (χ2v) is 8.76. The van der Waals surface area contributed by atoms with Gasteiger partial charge in [0.2, 0.25) is 11.8 Å². The first-order valence-electron chi connectivity index (χ1n) is 10.2. The van der Waals surface area contributed by atoms with Crippen LogP contribution < -0.4 is 10.2 Å². The van der Waals surface area contributed by atoms with E-state index in [1.54, 1.807) is 25.2 Å². The Bertz CT molecular complexity index is 1310. The van der Waals surface area contributed by atoms with E-state index in [2.05, 4.69) is 20.6 Å². The number of nitrogens with one attached hydrogen (secondary N) is 1. The second-order valence-electron chi connectivity index (χ2n) is 7.93. The van der Waals surface area contributed by atoms with Crippen LogP contribution in [0, 0.1) is 6.92 Å². The molecule has 2 aromatic heterocycles. The Kier molecular flexibility index (Phi) is 5.01. The fourth-order valence-corrected chi connectivity index (χ4v) is 4.69. The van der Waals surface area contributed by atoms with Crippen LogP contribution in [0.15, 0.2) is 29.8 Å². The van der Waals surface area contributed by atoms with E-state index < -0.39 is 11.9 Å². The van der Waals surface area contributed by atoms with Crippen LogP contribution >= 0.6 is 11.3 Å². The summed E-state index contributed by atoms with van der Waals surface area (Å²) in [5, 5.41) is 12.7. The van der Waals surface area contributed by atoms with Gasteiger partial charge in [0.1, 0.15) is 6.04 Å². The maximum absolute atomic E-state index is 13.0. The van der Waals surface area contributed by atoms with Crippen LogP contribution in [0.4, 0.5) is 5.13 Å². The standard InChI is InChI=1S/C21H19N7O4S/c1-11-10-33-21(22-11)26(2)20(32)15-9-28(25-24-15)13-4-3-12-8-27(19(31)14(12)7-13)16-5-6-17(29)23-18(16)30/h3-4,7,9-10,16H,5-6,8H2,1-2H3,(H,23,29,30). The van der Waals surface area contributed by atoms with Crippen LogP contribution in [-0.4, -0.2) is 61.6 Å². The molecule has 0 saturated carbocycles. The molecular weight excluding hydrogens is 446 g/mol. The van der Waals surface area contributed by atoms with E-state index in [0.29, 0.717) is 29.3 Å². The predicted molar refractivity (Wildman–Crippen MR) is 117 cm³/mol. The lowest BCUT2D eigenvalue weighted by Crippen LogP contribution is -2.52. The van der Waals surface area contributed by atoms with Crippen LogP contribution in [0.3, 0.4) is 0 Å². The van der Waals surface area contributed by atoms with E-state index in [9.17, 15) is 19.2 Å². The van der Waals surface area contributed by atoms with Gasteiger partial charge < -0.3 is 4.90 Å². The SMILES string of the molecule is Cc1csc(N(C)C(=O)c2cn(-c3ccc4c(c3)C(=O)N(C3CCC(=O)NC3=O)C4)nn2)n1. The van der Waals surface area contributed by atoms with Crippen molar-refractivity contribution < 1.29 is 19.2 Å². The molecule has 3 aromatic rings. The van der Waals surface area contributed by atoms with Crippen molar-refractivity contribution in [2.45, 2.75) is 32.4 Å². The topological polar surface area (TPSA) is 130 Å². The quantitative estimate of drug-likeness (QED) is 0.570. The summed E-state index contributed by atoms with van der Waals surface area (Å²) in [6.07, 6.45) is 2.00. The molecule has 0 radical (unpaired) electrons. The molecule has 12 heteroatoms. The number of rotatable bonds is 4. The Labute approximate surface area is 192 Å². The van der Waals surface area contributed by atoms with Crippen molar-refractivity contribution in [1.29, 1.82) is 0 Å². The molecule has 1 saturated heterocycles. The maximum atomic E-state index is 13.0. The molecule has 0 aliphatic carbocycles. The molecule has 2 aliphatic rings. The lowest BCUT2D eigenvalue weighted by Gasteiger charge is -2.29. The zero-order valence-electron chi connectivity index (χ0n) is 17.8. The first-order chi connectivity index (χ1) is 15.8. The summed E-state index contributed by atoms with van der Waals surface area (Å²) in [5.41, 5.74) is 2.76. The molecule has 0 bridgehead atoms. The number of nitrogens with zero attached hydrogens (tertiary/aromatic N) is 6. The maximum Gasteiger partial charge on any atom is 0.281 e. The summed E-state index contributed by atoms with van der Waals surface area (Å²) in [6, 6.07) is 4.56. The van der Waals surface area contributed by atoms with Crippen molar-refractivity contribution in [2.24, 2.45) is 0 Å². The highest BCUT2D eigenvalue weighted by atomic mass is 32.1. The predicted octanol–water partition coefficient (Wildman–Crippen LogP) is 1.07. The van der Waals surface area contributed by atoms with Gasteiger partial charge in [0.25, 0.3) is 11.8 Å². The molecule has 2 aliphatic heterocycles. The van der Waals surface area contributed by atoms with Crippen LogP contribution in [0.5, 0.6) is 0 Å². The Morgan fingerprint density at radius 3 is 2.82 bits per heavy atom. The number of benzene rings is 1. The van der Waals surface area contributed by atoms with E-state index in [0.717, 1.165) is 11.3 Å². The smallest absolute Gasteiger partial charge is 0.281 e. The van der Waals surface area contributed by atoms with Crippen LogP contribution in [-0.2, 0) is 16.1 Å². The van der Waals surface area contributed by atoms with Crippen molar-refractivity contribution in [3.8, 4) is 5.69 Å². The molecule has 1 unspecified atom stereocenters. The largest absolute Gasteiger partial charge is 0.322 e. The average Bonchev–Trinajstić information content (AvgIpc) is 3.52. The Hall–Kier alpha value is -3.93. The van der Waals surface area contributed by atoms with Gasteiger partial charge in [-0.2, -0.15) is 0 Å². The van der Waals surface area contributed by atoms with Gasteiger partial charge in [-0.15, -0.1) is 16.4 Å².